The molecule has 0 saturated carbocycles. The van der Waals surface area contributed by atoms with Crippen molar-refractivity contribution in [2.75, 3.05) is 36.5 Å². The van der Waals surface area contributed by atoms with Crippen molar-refractivity contribution in [1.29, 1.82) is 0 Å². The van der Waals surface area contributed by atoms with Crippen LogP contribution in [0.1, 0.15) is 32.3 Å². The van der Waals surface area contributed by atoms with Crippen LogP contribution in [0.25, 0.3) is 0 Å². The SMILES string of the molecule is CC(C)(CCC(=O)Nc1cccc(N2CCOCC2)c1)c1ccccc1. The molecule has 3 rings (SSSR count). The number of rotatable bonds is 6. The number of hydrogen-bond acceptors (Lipinski definition) is 3. The Balaban J connectivity index is 1.56. The third-order valence-corrected chi connectivity index (χ3v) is 5.04. The Labute approximate surface area is 156 Å². The molecule has 2 aromatic carbocycles. The van der Waals surface area contributed by atoms with Crippen LogP contribution in [0.15, 0.2) is 54.6 Å². The fraction of sp³-hybridized carbons (Fsp3) is 0.409. The summed E-state index contributed by atoms with van der Waals surface area (Å²) in [5.41, 5.74) is 3.24. The van der Waals surface area contributed by atoms with E-state index < -0.39 is 0 Å². The summed E-state index contributed by atoms with van der Waals surface area (Å²) in [6.45, 7) is 7.67. The summed E-state index contributed by atoms with van der Waals surface area (Å²) in [5.74, 6) is 0.0631. The van der Waals surface area contributed by atoms with Gasteiger partial charge < -0.3 is 15.0 Å². The number of nitrogens with zero attached hydrogens (tertiary/aromatic N) is 1. The summed E-state index contributed by atoms with van der Waals surface area (Å²) in [4.78, 5) is 14.7. The predicted octanol–water partition coefficient (Wildman–Crippen LogP) is 4.22. The fourth-order valence-corrected chi connectivity index (χ4v) is 3.29. The van der Waals surface area contributed by atoms with Gasteiger partial charge in [-0.25, -0.2) is 0 Å². The lowest BCUT2D eigenvalue weighted by molar-refractivity contribution is -0.116. The van der Waals surface area contributed by atoms with Gasteiger partial charge in [0.15, 0.2) is 0 Å². The zero-order valence-electron chi connectivity index (χ0n) is 15.7. The van der Waals surface area contributed by atoms with Crippen molar-refractivity contribution in [3.63, 3.8) is 0 Å². The molecular formula is C22H28N2O2. The average Bonchev–Trinajstić information content (AvgIpc) is 2.68. The van der Waals surface area contributed by atoms with Gasteiger partial charge in [-0.3, -0.25) is 4.79 Å². The average molecular weight is 352 g/mol. The molecule has 26 heavy (non-hydrogen) atoms. The number of hydrogen-bond donors (Lipinski definition) is 1. The van der Waals surface area contributed by atoms with Crippen LogP contribution >= 0.6 is 0 Å². The monoisotopic (exact) mass is 352 g/mol. The summed E-state index contributed by atoms with van der Waals surface area (Å²) in [6, 6.07) is 18.5. The van der Waals surface area contributed by atoms with Crippen LogP contribution in [-0.2, 0) is 14.9 Å². The van der Waals surface area contributed by atoms with Gasteiger partial charge in [-0.2, -0.15) is 0 Å². The first kappa shape index (κ1) is 18.5. The number of ether oxygens (including phenoxy) is 1. The molecule has 0 aromatic heterocycles. The Morgan fingerprint density at radius 2 is 1.81 bits per heavy atom. The smallest absolute Gasteiger partial charge is 0.224 e. The van der Waals surface area contributed by atoms with Gasteiger partial charge in [0.25, 0.3) is 0 Å². The van der Waals surface area contributed by atoms with E-state index in [9.17, 15) is 4.79 Å². The number of morpholine rings is 1. The molecule has 4 nitrogen and oxygen atoms in total. The highest BCUT2D eigenvalue weighted by molar-refractivity contribution is 5.91. The Bertz CT molecular complexity index is 722. The second kappa shape index (κ2) is 8.37. The van der Waals surface area contributed by atoms with Gasteiger partial charge in [-0.1, -0.05) is 50.2 Å². The Morgan fingerprint density at radius 3 is 2.54 bits per heavy atom. The normalized spacial score (nSPS) is 14.9. The van der Waals surface area contributed by atoms with Crippen molar-refractivity contribution in [2.24, 2.45) is 0 Å². The number of carbonyl (C=O) groups is 1. The van der Waals surface area contributed by atoms with E-state index in [0.29, 0.717) is 6.42 Å². The van der Waals surface area contributed by atoms with E-state index >= 15 is 0 Å². The van der Waals surface area contributed by atoms with Crippen LogP contribution in [0.2, 0.25) is 0 Å². The summed E-state index contributed by atoms with van der Waals surface area (Å²) < 4.78 is 5.40. The lowest BCUT2D eigenvalue weighted by atomic mass is 9.80. The van der Waals surface area contributed by atoms with Crippen LogP contribution in [0, 0.1) is 0 Å². The van der Waals surface area contributed by atoms with Crippen molar-refractivity contribution in [3.8, 4) is 0 Å². The highest BCUT2D eigenvalue weighted by atomic mass is 16.5. The summed E-state index contributed by atoms with van der Waals surface area (Å²) >= 11 is 0. The number of amides is 1. The fourth-order valence-electron chi connectivity index (χ4n) is 3.29. The van der Waals surface area contributed by atoms with Crippen molar-refractivity contribution in [2.45, 2.75) is 32.1 Å². The van der Waals surface area contributed by atoms with Crippen molar-refractivity contribution >= 4 is 17.3 Å². The van der Waals surface area contributed by atoms with Crippen molar-refractivity contribution in [1.82, 2.24) is 0 Å². The largest absolute Gasteiger partial charge is 0.378 e. The van der Waals surface area contributed by atoms with Crippen molar-refractivity contribution < 1.29 is 9.53 Å². The molecular weight excluding hydrogens is 324 g/mol. The molecule has 1 saturated heterocycles. The molecule has 138 valence electrons. The second-order valence-electron chi connectivity index (χ2n) is 7.45. The number of benzene rings is 2. The first-order chi connectivity index (χ1) is 12.5. The zero-order chi connectivity index (χ0) is 18.4. The zero-order valence-corrected chi connectivity index (χ0v) is 15.7. The molecule has 1 amide bonds. The number of carbonyl (C=O) groups excluding carboxylic acids is 1. The molecule has 1 heterocycles. The highest BCUT2D eigenvalue weighted by Gasteiger charge is 2.21. The maximum Gasteiger partial charge on any atom is 0.224 e. The Morgan fingerprint density at radius 1 is 1.08 bits per heavy atom. The molecule has 0 unspecified atom stereocenters. The molecule has 0 aliphatic carbocycles. The van der Waals surface area contributed by atoms with E-state index in [2.05, 4.69) is 42.3 Å². The van der Waals surface area contributed by atoms with Gasteiger partial charge in [0.2, 0.25) is 5.91 Å². The Hall–Kier alpha value is -2.33. The summed E-state index contributed by atoms with van der Waals surface area (Å²) in [5, 5.41) is 3.05. The van der Waals surface area contributed by atoms with Gasteiger partial charge in [0, 0.05) is 30.9 Å². The molecule has 4 heteroatoms. The van der Waals surface area contributed by atoms with Crippen LogP contribution in [-0.4, -0.2) is 32.2 Å². The van der Waals surface area contributed by atoms with Gasteiger partial charge in [-0.15, -0.1) is 0 Å². The third-order valence-electron chi connectivity index (χ3n) is 5.04. The molecule has 0 atom stereocenters. The quantitative estimate of drug-likeness (QED) is 0.846. The summed E-state index contributed by atoms with van der Waals surface area (Å²) in [6.07, 6.45) is 1.32. The van der Waals surface area contributed by atoms with Crippen LogP contribution in [0.4, 0.5) is 11.4 Å². The van der Waals surface area contributed by atoms with Crippen LogP contribution < -0.4 is 10.2 Å². The third kappa shape index (κ3) is 4.85. The first-order valence-electron chi connectivity index (χ1n) is 9.33. The predicted molar refractivity (Wildman–Crippen MR) is 107 cm³/mol. The highest BCUT2D eigenvalue weighted by Crippen LogP contribution is 2.28. The minimum atomic E-state index is -0.0196. The van der Waals surface area contributed by atoms with Gasteiger partial charge in [-0.05, 0) is 35.6 Å². The molecule has 0 spiro atoms. The number of anilines is 2. The van der Waals surface area contributed by atoms with E-state index in [0.717, 1.165) is 44.1 Å². The lowest BCUT2D eigenvalue weighted by Gasteiger charge is -2.29. The second-order valence-corrected chi connectivity index (χ2v) is 7.45. The lowest BCUT2D eigenvalue weighted by Crippen LogP contribution is -2.36. The molecule has 1 aliphatic heterocycles. The molecule has 2 aromatic rings. The van der Waals surface area contributed by atoms with E-state index in [4.69, 9.17) is 4.74 Å². The van der Waals surface area contributed by atoms with Gasteiger partial charge in [0.1, 0.15) is 0 Å². The molecule has 0 bridgehead atoms. The van der Waals surface area contributed by atoms with E-state index in [1.54, 1.807) is 0 Å². The standard InChI is InChI=1S/C22H28N2O2/c1-22(2,18-7-4-3-5-8-18)12-11-21(25)23-19-9-6-10-20(17-19)24-13-15-26-16-14-24/h3-10,17H,11-16H2,1-2H3,(H,23,25). The molecule has 0 radical (unpaired) electrons. The van der Waals surface area contributed by atoms with Crippen molar-refractivity contribution in [3.05, 3.63) is 60.2 Å². The topological polar surface area (TPSA) is 41.6 Å². The maximum absolute atomic E-state index is 12.4. The summed E-state index contributed by atoms with van der Waals surface area (Å²) in [7, 11) is 0. The maximum atomic E-state index is 12.4. The molecule has 1 aliphatic rings. The first-order valence-corrected chi connectivity index (χ1v) is 9.33. The van der Waals surface area contributed by atoms with E-state index in [1.165, 1.54) is 5.56 Å². The van der Waals surface area contributed by atoms with E-state index in [-0.39, 0.29) is 11.3 Å². The molecule has 1 N–H and O–H groups in total. The van der Waals surface area contributed by atoms with E-state index in [1.807, 2.05) is 36.4 Å². The molecule has 1 fully saturated rings. The number of nitrogens with one attached hydrogen (secondary N) is 1. The van der Waals surface area contributed by atoms with Gasteiger partial charge >= 0.3 is 0 Å². The van der Waals surface area contributed by atoms with Crippen LogP contribution in [0.5, 0.6) is 0 Å². The Kier molecular flexibility index (Phi) is 5.94. The minimum absolute atomic E-state index is 0.0196. The minimum Gasteiger partial charge on any atom is -0.378 e. The van der Waals surface area contributed by atoms with Crippen LogP contribution in [0.3, 0.4) is 0 Å². The van der Waals surface area contributed by atoms with Gasteiger partial charge in [0.05, 0.1) is 13.2 Å².